The van der Waals surface area contributed by atoms with Crippen LogP contribution >= 0.6 is 0 Å². The summed E-state index contributed by atoms with van der Waals surface area (Å²) in [6.07, 6.45) is -2.80. The minimum atomic E-state index is -1.06. The number of hydrogen-bond acceptors (Lipinski definition) is 5. The van der Waals surface area contributed by atoms with E-state index in [1.165, 1.54) is 7.11 Å². The molecule has 2 heterocycles. The molecule has 0 aromatic rings. The molecule has 2 rings (SSSR count). The Morgan fingerprint density at radius 2 is 1.93 bits per heavy atom. The average molecular weight is 218 g/mol. The molecule has 0 aromatic carbocycles. The Labute approximate surface area is 87.1 Å². The number of carbonyl (C=O) groups is 1. The first-order chi connectivity index (χ1) is 6.94. The van der Waals surface area contributed by atoms with Gasteiger partial charge in [-0.2, -0.15) is 0 Å². The Bertz CT molecular complexity index is 276. The van der Waals surface area contributed by atoms with Crippen molar-refractivity contribution in [3.05, 3.63) is 0 Å². The van der Waals surface area contributed by atoms with Crippen molar-refractivity contribution in [3.63, 3.8) is 0 Å². The monoisotopic (exact) mass is 218 g/mol. The first-order valence-corrected chi connectivity index (χ1v) is 4.71. The van der Waals surface area contributed by atoms with Gasteiger partial charge in [0.15, 0.2) is 18.2 Å². The molecule has 1 N–H and O–H groups in total. The molecule has 86 valence electrons. The quantitative estimate of drug-likeness (QED) is 0.701. The van der Waals surface area contributed by atoms with Crippen molar-refractivity contribution in [3.8, 4) is 0 Å². The third-order valence-corrected chi connectivity index (χ3v) is 2.49. The van der Waals surface area contributed by atoms with Crippen molar-refractivity contribution in [2.75, 3.05) is 7.11 Å². The summed E-state index contributed by atoms with van der Waals surface area (Å²) in [5, 5.41) is 8.93. The van der Waals surface area contributed by atoms with Gasteiger partial charge in [0.25, 0.3) is 0 Å². The van der Waals surface area contributed by atoms with Gasteiger partial charge in [0, 0.05) is 7.11 Å². The molecule has 0 radical (unpaired) electrons. The van der Waals surface area contributed by atoms with Gasteiger partial charge in [0.1, 0.15) is 12.2 Å². The molecule has 1 unspecified atom stereocenters. The molecule has 6 nitrogen and oxygen atoms in total. The van der Waals surface area contributed by atoms with Crippen molar-refractivity contribution in [1.29, 1.82) is 0 Å². The van der Waals surface area contributed by atoms with Gasteiger partial charge >= 0.3 is 5.97 Å². The van der Waals surface area contributed by atoms with E-state index in [1.807, 2.05) is 0 Å². The number of carboxylic acid groups (broad SMARTS) is 1. The molecule has 0 saturated carbocycles. The highest BCUT2D eigenvalue weighted by molar-refractivity contribution is 5.73. The van der Waals surface area contributed by atoms with E-state index in [4.69, 9.17) is 24.1 Å². The molecule has 0 aliphatic carbocycles. The molecular weight excluding hydrogens is 204 g/mol. The summed E-state index contributed by atoms with van der Waals surface area (Å²) in [7, 11) is 1.45. The second-order valence-corrected chi connectivity index (χ2v) is 4.06. The Kier molecular flexibility index (Phi) is 2.46. The number of fused-ring (bicyclic) bond motifs is 1. The first-order valence-electron chi connectivity index (χ1n) is 4.71. The summed E-state index contributed by atoms with van der Waals surface area (Å²) in [6, 6.07) is 0. The van der Waals surface area contributed by atoms with Gasteiger partial charge in [0.2, 0.25) is 0 Å². The Hall–Kier alpha value is -0.690. The molecule has 6 heteroatoms. The van der Waals surface area contributed by atoms with Gasteiger partial charge < -0.3 is 24.1 Å². The fourth-order valence-corrected chi connectivity index (χ4v) is 1.95. The summed E-state index contributed by atoms with van der Waals surface area (Å²) >= 11 is 0. The molecule has 15 heavy (non-hydrogen) atoms. The molecule has 0 amide bonds. The number of rotatable bonds is 2. The van der Waals surface area contributed by atoms with Gasteiger partial charge in [-0.25, -0.2) is 4.79 Å². The lowest BCUT2D eigenvalue weighted by atomic mass is 10.1. The lowest BCUT2D eigenvalue weighted by Gasteiger charge is -2.22. The summed E-state index contributed by atoms with van der Waals surface area (Å²) in [6.45, 7) is 3.47. The lowest BCUT2D eigenvalue weighted by Crippen LogP contribution is -2.35. The standard InChI is InChI=1S/C9H14O6/c1-9(2)14-4-5(7(10)11)13-8(12-3)6(4)15-9/h4-6,8H,1-3H3,(H,10,11)/t4?,5-,6-,8+/m0/s1. The highest BCUT2D eigenvalue weighted by Gasteiger charge is 2.57. The number of aliphatic carboxylic acids is 1. The summed E-state index contributed by atoms with van der Waals surface area (Å²) in [4.78, 5) is 10.9. The van der Waals surface area contributed by atoms with Crippen LogP contribution in [0.4, 0.5) is 0 Å². The van der Waals surface area contributed by atoms with E-state index in [9.17, 15) is 4.79 Å². The minimum absolute atomic E-state index is 0.480. The Morgan fingerprint density at radius 1 is 1.33 bits per heavy atom. The van der Waals surface area contributed by atoms with Gasteiger partial charge in [-0.1, -0.05) is 0 Å². The zero-order chi connectivity index (χ0) is 11.2. The summed E-state index contributed by atoms with van der Waals surface area (Å²) in [5.74, 6) is -1.85. The van der Waals surface area contributed by atoms with Crippen LogP contribution in [-0.2, 0) is 23.7 Å². The molecule has 0 aromatic heterocycles. The van der Waals surface area contributed by atoms with E-state index >= 15 is 0 Å². The normalized spacial score (nSPS) is 42.9. The number of methoxy groups -OCH3 is 1. The zero-order valence-corrected chi connectivity index (χ0v) is 8.80. The first kappa shape index (κ1) is 10.8. The van der Waals surface area contributed by atoms with Crippen molar-refractivity contribution in [2.24, 2.45) is 0 Å². The SMILES string of the molecule is CO[C@@H]1O[C@H](C(=O)O)C2OC(C)(C)O[C@@H]21. The fourth-order valence-electron chi connectivity index (χ4n) is 1.95. The van der Waals surface area contributed by atoms with Crippen LogP contribution in [0.3, 0.4) is 0 Å². The molecule has 4 atom stereocenters. The van der Waals surface area contributed by atoms with E-state index in [0.717, 1.165) is 0 Å². The maximum Gasteiger partial charge on any atom is 0.335 e. The van der Waals surface area contributed by atoms with Crippen LogP contribution in [0.5, 0.6) is 0 Å². The van der Waals surface area contributed by atoms with Crippen LogP contribution < -0.4 is 0 Å². The molecule has 2 saturated heterocycles. The number of ether oxygens (including phenoxy) is 4. The second-order valence-electron chi connectivity index (χ2n) is 4.06. The molecule has 2 fully saturated rings. The molecule has 2 aliphatic rings. The van der Waals surface area contributed by atoms with Crippen LogP contribution in [0.2, 0.25) is 0 Å². The third-order valence-electron chi connectivity index (χ3n) is 2.49. The second kappa shape index (κ2) is 3.41. The lowest BCUT2D eigenvalue weighted by molar-refractivity contribution is -0.229. The van der Waals surface area contributed by atoms with Crippen molar-refractivity contribution in [2.45, 2.75) is 44.2 Å². The zero-order valence-electron chi connectivity index (χ0n) is 8.80. The van der Waals surface area contributed by atoms with E-state index in [0.29, 0.717) is 0 Å². The van der Waals surface area contributed by atoms with Gasteiger partial charge in [-0.15, -0.1) is 0 Å². The molecule has 0 spiro atoms. The van der Waals surface area contributed by atoms with Gasteiger partial charge in [-0.3, -0.25) is 0 Å². The number of hydrogen-bond donors (Lipinski definition) is 1. The van der Waals surface area contributed by atoms with Crippen LogP contribution in [-0.4, -0.2) is 48.6 Å². The smallest absolute Gasteiger partial charge is 0.335 e. The van der Waals surface area contributed by atoms with Crippen LogP contribution in [0.25, 0.3) is 0 Å². The Balaban J connectivity index is 2.19. The maximum absolute atomic E-state index is 10.9. The predicted octanol–water partition coefficient (Wildman–Crippen LogP) is -0.0376. The largest absolute Gasteiger partial charge is 0.479 e. The van der Waals surface area contributed by atoms with Gasteiger partial charge in [0.05, 0.1) is 0 Å². The van der Waals surface area contributed by atoms with Crippen molar-refractivity contribution >= 4 is 5.97 Å². The maximum atomic E-state index is 10.9. The van der Waals surface area contributed by atoms with E-state index < -0.39 is 36.4 Å². The van der Waals surface area contributed by atoms with Crippen LogP contribution in [0, 0.1) is 0 Å². The Morgan fingerprint density at radius 3 is 2.47 bits per heavy atom. The van der Waals surface area contributed by atoms with Crippen LogP contribution in [0.15, 0.2) is 0 Å². The predicted molar refractivity (Wildman–Crippen MR) is 47.1 cm³/mol. The third kappa shape index (κ3) is 1.74. The van der Waals surface area contributed by atoms with Gasteiger partial charge in [-0.05, 0) is 13.8 Å². The molecule has 0 bridgehead atoms. The summed E-state index contributed by atoms with van der Waals surface area (Å²) < 4.78 is 21.2. The minimum Gasteiger partial charge on any atom is -0.479 e. The van der Waals surface area contributed by atoms with Crippen molar-refractivity contribution < 1.29 is 28.8 Å². The van der Waals surface area contributed by atoms with Crippen LogP contribution in [0.1, 0.15) is 13.8 Å². The van der Waals surface area contributed by atoms with E-state index in [-0.39, 0.29) is 0 Å². The summed E-state index contributed by atoms with van der Waals surface area (Å²) in [5.41, 5.74) is 0. The molecular formula is C9H14O6. The number of carboxylic acids is 1. The highest BCUT2D eigenvalue weighted by atomic mass is 16.8. The average Bonchev–Trinajstić information content (AvgIpc) is 2.57. The van der Waals surface area contributed by atoms with Crippen molar-refractivity contribution in [1.82, 2.24) is 0 Å². The molecule has 2 aliphatic heterocycles. The van der Waals surface area contributed by atoms with E-state index in [2.05, 4.69) is 0 Å². The highest BCUT2D eigenvalue weighted by Crippen LogP contribution is 2.38. The fraction of sp³-hybridized carbons (Fsp3) is 0.889. The topological polar surface area (TPSA) is 74.2 Å². The van der Waals surface area contributed by atoms with E-state index in [1.54, 1.807) is 13.8 Å².